The lowest BCUT2D eigenvalue weighted by molar-refractivity contribution is -0.0493. The zero-order valence-corrected chi connectivity index (χ0v) is 11.6. The summed E-state index contributed by atoms with van der Waals surface area (Å²) in [6.45, 7) is -0.539. The molecule has 20 heavy (non-hydrogen) atoms. The number of fused-ring (bicyclic) bond motifs is 1. The molecule has 1 saturated heterocycles. The maximum Gasteiger partial charge on any atom is 0.261 e. The first-order valence-corrected chi connectivity index (χ1v) is 6.66. The molecule has 108 valence electrons. The first-order chi connectivity index (χ1) is 9.54. The van der Waals surface area contributed by atoms with Crippen molar-refractivity contribution in [1.29, 1.82) is 0 Å². The fraction of sp³-hybridized carbons (Fsp3) is 0.455. The van der Waals surface area contributed by atoms with Gasteiger partial charge in [-0.15, -0.1) is 0 Å². The first kappa shape index (κ1) is 13.7. The van der Waals surface area contributed by atoms with Gasteiger partial charge >= 0.3 is 0 Å². The second-order valence-corrected chi connectivity index (χ2v) is 5.35. The van der Waals surface area contributed by atoms with E-state index in [-0.39, 0.29) is 16.6 Å². The molecule has 3 rings (SSSR count). The molecule has 0 aliphatic carbocycles. The molecule has 1 aliphatic rings. The first-order valence-electron chi connectivity index (χ1n) is 5.86. The van der Waals surface area contributed by atoms with Gasteiger partial charge in [0.2, 0.25) is 0 Å². The number of aromatic nitrogens is 3. The number of rotatable bonds is 2. The Morgan fingerprint density at radius 1 is 1.60 bits per heavy atom. The van der Waals surface area contributed by atoms with Crippen LogP contribution >= 0.6 is 15.9 Å². The molecule has 0 bridgehead atoms. The van der Waals surface area contributed by atoms with Crippen molar-refractivity contribution in [3.8, 4) is 0 Å². The number of nitrogens with one attached hydrogen (secondary N) is 1. The molecule has 9 heteroatoms. The molecular formula is C11H11BrFN3O4. The van der Waals surface area contributed by atoms with Crippen LogP contribution in [-0.2, 0) is 4.74 Å². The zero-order chi connectivity index (χ0) is 14.4. The Morgan fingerprint density at radius 2 is 2.35 bits per heavy atom. The van der Waals surface area contributed by atoms with E-state index in [1.165, 1.54) is 17.1 Å². The van der Waals surface area contributed by atoms with E-state index in [2.05, 4.69) is 25.9 Å². The zero-order valence-electron chi connectivity index (χ0n) is 10.0. The summed E-state index contributed by atoms with van der Waals surface area (Å²) in [5.74, 6) is 0. The number of halogens is 2. The Hall–Kier alpha value is -1.29. The molecule has 0 saturated carbocycles. The largest absolute Gasteiger partial charge is 0.394 e. The summed E-state index contributed by atoms with van der Waals surface area (Å²) in [4.78, 5) is 18.2. The number of aliphatic hydroxyl groups excluding tert-OH is 2. The molecule has 0 unspecified atom stereocenters. The van der Waals surface area contributed by atoms with Crippen molar-refractivity contribution in [2.45, 2.75) is 24.6 Å². The Morgan fingerprint density at radius 3 is 3.00 bits per heavy atom. The Balaban J connectivity index is 2.12. The minimum atomic E-state index is -1.71. The normalized spacial score (nSPS) is 30.2. The molecule has 3 heterocycles. The van der Waals surface area contributed by atoms with Crippen LogP contribution in [0, 0.1) is 0 Å². The summed E-state index contributed by atoms with van der Waals surface area (Å²) in [6, 6.07) is 0. The summed E-state index contributed by atoms with van der Waals surface area (Å²) < 4.78 is 20.9. The van der Waals surface area contributed by atoms with Crippen LogP contribution in [-0.4, -0.2) is 49.7 Å². The second-order valence-electron chi connectivity index (χ2n) is 4.50. The molecular weight excluding hydrogens is 337 g/mol. The number of H-pyrrole nitrogens is 1. The fourth-order valence-corrected chi connectivity index (χ4v) is 2.91. The molecule has 1 fully saturated rings. The van der Waals surface area contributed by atoms with Gasteiger partial charge in [0.15, 0.2) is 18.0 Å². The number of aromatic amines is 1. The van der Waals surface area contributed by atoms with Gasteiger partial charge in [-0.25, -0.2) is 9.37 Å². The van der Waals surface area contributed by atoms with Crippen LogP contribution in [0.4, 0.5) is 4.39 Å². The van der Waals surface area contributed by atoms with Gasteiger partial charge in [-0.3, -0.25) is 4.79 Å². The van der Waals surface area contributed by atoms with Crippen LogP contribution in [0.25, 0.3) is 11.0 Å². The van der Waals surface area contributed by atoms with Gasteiger partial charge in [0.25, 0.3) is 5.56 Å². The van der Waals surface area contributed by atoms with Gasteiger partial charge < -0.3 is 24.5 Å². The van der Waals surface area contributed by atoms with Gasteiger partial charge in [-0.1, -0.05) is 0 Å². The summed E-state index contributed by atoms with van der Waals surface area (Å²) >= 11 is 3.22. The molecule has 4 atom stereocenters. The van der Waals surface area contributed by atoms with Gasteiger partial charge in [-0.2, -0.15) is 0 Å². The third-order valence-electron chi connectivity index (χ3n) is 3.31. The van der Waals surface area contributed by atoms with E-state index in [1.807, 2.05) is 0 Å². The highest BCUT2D eigenvalue weighted by atomic mass is 79.9. The Bertz CT molecular complexity index is 703. The number of hydrogen-bond donors (Lipinski definition) is 3. The van der Waals surface area contributed by atoms with Gasteiger partial charge in [-0.05, 0) is 15.9 Å². The lowest BCUT2D eigenvalue weighted by Crippen LogP contribution is -2.29. The lowest BCUT2D eigenvalue weighted by atomic mass is 10.1. The number of aliphatic hydroxyl groups is 2. The molecule has 2 aromatic rings. The van der Waals surface area contributed by atoms with E-state index in [0.717, 1.165) is 0 Å². The molecule has 0 amide bonds. The van der Waals surface area contributed by atoms with Crippen LogP contribution in [0.2, 0.25) is 0 Å². The van der Waals surface area contributed by atoms with Crippen molar-refractivity contribution in [3.05, 3.63) is 27.4 Å². The molecule has 2 aromatic heterocycles. The van der Waals surface area contributed by atoms with Crippen LogP contribution in [0.15, 0.2) is 21.8 Å². The van der Waals surface area contributed by atoms with E-state index >= 15 is 0 Å². The van der Waals surface area contributed by atoms with E-state index in [0.29, 0.717) is 4.47 Å². The Kier molecular flexibility index (Phi) is 3.36. The highest BCUT2D eigenvalue weighted by Crippen LogP contribution is 2.34. The minimum absolute atomic E-state index is 0.260. The maximum absolute atomic E-state index is 13.8. The third kappa shape index (κ3) is 1.89. The van der Waals surface area contributed by atoms with Crippen molar-refractivity contribution < 1.29 is 19.3 Å². The van der Waals surface area contributed by atoms with Gasteiger partial charge in [0.1, 0.15) is 12.2 Å². The Labute approximate surface area is 120 Å². The SMILES string of the molecule is O=c1[nH]cnc2c1c(Br)cn2[C@@H]1O[C@H](CO)[C@H](F)[C@H]1O. The summed E-state index contributed by atoms with van der Waals surface area (Å²) in [5.41, 5.74) is -0.0981. The topological polar surface area (TPSA) is 100 Å². The highest BCUT2D eigenvalue weighted by molar-refractivity contribution is 9.10. The van der Waals surface area contributed by atoms with E-state index < -0.39 is 31.2 Å². The van der Waals surface area contributed by atoms with E-state index in [1.54, 1.807) is 0 Å². The molecule has 0 radical (unpaired) electrons. The van der Waals surface area contributed by atoms with Crippen LogP contribution in [0.1, 0.15) is 6.23 Å². The van der Waals surface area contributed by atoms with E-state index in [9.17, 15) is 14.3 Å². The molecule has 1 aliphatic heterocycles. The predicted octanol–water partition coefficient (Wildman–Crippen LogP) is 0.0758. The van der Waals surface area contributed by atoms with E-state index in [4.69, 9.17) is 9.84 Å². The molecule has 0 spiro atoms. The van der Waals surface area contributed by atoms with Crippen molar-refractivity contribution >= 4 is 27.0 Å². The van der Waals surface area contributed by atoms with Crippen molar-refractivity contribution in [3.63, 3.8) is 0 Å². The summed E-state index contributed by atoms with van der Waals surface area (Å²) in [7, 11) is 0. The second kappa shape index (κ2) is 4.92. The third-order valence-corrected chi connectivity index (χ3v) is 3.91. The van der Waals surface area contributed by atoms with Crippen molar-refractivity contribution in [2.75, 3.05) is 6.61 Å². The standard InChI is InChI=1S/C11H11BrFN3O4/c12-4-1-16(9-6(4)10(19)15-3-14-9)11-8(18)7(13)5(2-17)20-11/h1,3,5,7-8,11,17-18H,2H2,(H,14,15,19)/t5-,7+,8-,11-/m1/s1. The average Bonchev–Trinajstić information content (AvgIpc) is 2.90. The molecule has 0 aromatic carbocycles. The number of alkyl halides is 1. The van der Waals surface area contributed by atoms with Gasteiger partial charge in [0, 0.05) is 6.20 Å². The van der Waals surface area contributed by atoms with Gasteiger partial charge in [0.05, 0.1) is 22.8 Å². The highest BCUT2D eigenvalue weighted by Gasteiger charge is 2.45. The number of ether oxygens (including phenoxy) is 1. The number of hydrogen-bond acceptors (Lipinski definition) is 5. The average molecular weight is 348 g/mol. The predicted molar refractivity (Wildman–Crippen MR) is 70.0 cm³/mol. The van der Waals surface area contributed by atoms with Crippen molar-refractivity contribution in [2.24, 2.45) is 0 Å². The fourth-order valence-electron chi connectivity index (χ4n) is 2.33. The number of nitrogens with zero attached hydrogens (tertiary/aromatic N) is 2. The van der Waals surface area contributed by atoms with Crippen LogP contribution in [0.3, 0.4) is 0 Å². The monoisotopic (exact) mass is 347 g/mol. The van der Waals surface area contributed by atoms with Crippen molar-refractivity contribution in [1.82, 2.24) is 14.5 Å². The quantitative estimate of drug-likeness (QED) is 0.714. The minimum Gasteiger partial charge on any atom is -0.394 e. The lowest BCUT2D eigenvalue weighted by Gasteiger charge is -2.16. The van der Waals surface area contributed by atoms with Crippen LogP contribution in [0.5, 0.6) is 0 Å². The summed E-state index contributed by atoms with van der Waals surface area (Å²) in [6.07, 6.45) is -2.60. The molecule has 3 N–H and O–H groups in total. The van der Waals surface area contributed by atoms with Crippen LogP contribution < -0.4 is 5.56 Å². The molecule has 7 nitrogen and oxygen atoms in total. The smallest absolute Gasteiger partial charge is 0.261 e. The summed E-state index contributed by atoms with van der Waals surface area (Å²) in [5, 5.41) is 19.2. The maximum atomic E-state index is 13.8.